The van der Waals surface area contributed by atoms with Crippen molar-refractivity contribution in [2.24, 2.45) is 29.0 Å². The lowest BCUT2D eigenvalue weighted by Crippen LogP contribution is -2.53. The molecule has 18 nitrogen and oxygen atoms in total. The van der Waals surface area contributed by atoms with Gasteiger partial charge in [0.05, 0.1) is 38.8 Å². The third-order valence-electron chi connectivity index (χ3n) is 5.08. The fraction of sp³-hybridized carbons (Fsp3) is 0.682. The second-order valence-corrected chi connectivity index (χ2v) is 9.19. The predicted octanol–water partition coefficient (Wildman–Crippen LogP) is -6.52. The Labute approximate surface area is 232 Å². The van der Waals surface area contributed by atoms with Crippen molar-refractivity contribution in [3.8, 4) is 0 Å². The van der Waals surface area contributed by atoms with Gasteiger partial charge < -0.3 is 43.8 Å². The zero-order valence-electron chi connectivity index (χ0n) is 22.8. The van der Waals surface area contributed by atoms with Crippen LogP contribution in [0.3, 0.4) is 0 Å². The number of nitrogens with two attached hydrogens (primary N) is 4. The van der Waals surface area contributed by atoms with Crippen molar-refractivity contribution >= 4 is 41.1 Å². The van der Waals surface area contributed by atoms with Crippen molar-refractivity contribution in [1.82, 2.24) is 37.3 Å². The molecular formula is C22H43N11O7. The Morgan fingerprint density at radius 3 is 1.68 bits per heavy atom. The topological polar surface area (TPSA) is 308 Å². The summed E-state index contributed by atoms with van der Waals surface area (Å²) in [5.74, 6) is -0.171. The molecule has 0 rings (SSSR count). The van der Waals surface area contributed by atoms with E-state index in [0.717, 1.165) is 0 Å². The van der Waals surface area contributed by atoms with Crippen LogP contribution in [0.2, 0.25) is 0 Å². The van der Waals surface area contributed by atoms with Crippen LogP contribution < -0.4 is 60.4 Å². The number of rotatable bonds is 21. The maximum atomic E-state index is 12.6. The molecule has 228 valence electrons. The molecule has 0 aromatic carbocycles. The molecule has 0 unspecified atom stereocenters. The first kappa shape index (κ1) is 36.5. The van der Waals surface area contributed by atoms with Crippen LogP contribution in [0.15, 0.2) is 0 Å². The Balaban J connectivity index is 4.55. The van der Waals surface area contributed by atoms with Crippen LogP contribution in [0, 0.1) is 5.92 Å². The van der Waals surface area contributed by atoms with E-state index in [0.29, 0.717) is 19.4 Å². The number of carbonyl (C=O) groups is 7. The monoisotopic (exact) mass is 573 g/mol. The molecule has 0 aliphatic rings. The number of nitrogens with one attached hydrogen (secondary N) is 7. The first-order valence-electron chi connectivity index (χ1n) is 12.6. The summed E-state index contributed by atoms with van der Waals surface area (Å²) in [5.41, 5.74) is 18.8. The van der Waals surface area contributed by atoms with Crippen molar-refractivity contribution in [2.75, 3.05) is 39.3 Å². The molecule has 0 bridgehead atoms. The molecule has 0 aliphatic heterocycles. The van der Waals surface area contributed by atoms with E-state index in [4.69, 9.17) is 23.0 Å². The van der Waals surface area contributed by atoms with E-state index in [1.54, 1.807) is 0 Å². The van der Waals surface area contributed by atoms with Gasteiger partial charge in [-0.3, -0.25) is 50.1 Å². The lowest BCUT2D eigenvalue weighted by Gasteiger charge is -2.22. The Kier molecular flexibility index (Phi) is 18.6. The molecule has 0 heterocycles. The first-order chi connectivity index (χ1) is 18.8. The van der Waals surface area contributed by atoms with Gasteiger partial charge >= 0.3 is 0 Å². The number of carbonyl (C=O) groups excluding carboxylic acids is 7. The summed E-state index contributed by atoms with van der Waals surface area (Å²) in [7, 11) is 0. The molecule has 15 N–H and O–H groups in total. The van der Waals surface area contributed by atoms with E-state index in [2.05, 4.69) is 37.3 Å². The largest absolute Gasteiger partial charge is 0.347 e. The van der Waals surface area contributed by atoms with Crippen molar-refractivity contribution in [3.63, 3.8) is 0 Å². The molecule has 0 fully saturated rings. The molecular weight excluding hydrogens is 530 g/mol. The highest BCUT2D eigenvalue weighted by atomic mass is 16.2. The van der Waals surface area contributed by atoms with Gasteiger partial charge in [-0.25, -0.2) is 0 Å². The molecule has 0 aliphatic carbocycles. The minimum Gasteiger partial charge on any atom is -0.347 e. The molecule has 0 spiro atoms. The summed E-state index contributed by atoms with van der Waals surface area (Å²) in [5, 5.41) is 14.3. The summed E-state index contributed by atoms with van der Waals surface area (Å²) in [6, 6.07) is -1.88. The van der Waals surface area contributed by atoms with Gasteiger partial charge in [0, 0.05) is 0 Å². The molecule has 2 atom stereocenters. The number of ketones is 2. The third kappa shape index (κ3) is 17.9. The first-order valence-corrected chi connectivity index (χ1v) is 12.6. The van der Waals surface area contributed by atoms with Gasteiger partial charge in [0.15, 0.2) is 0 Å². The third-order valence-corrected chi connectivity index (χ3v) is 5.08. The number of hydrogen-bond acceptors (Lipinski definition) is 13. The van der Waals surface area contributed by atoms with E-state index in [-0.39, 0.29) is 18.9 Å². The second-order valence-electron chi connectivity index (χ2n) is 9.19. The number of hydrazine groups is 1. The van der Waals surface area contributed by atoms with Gasteiger partial charge in [-0.1, -0.05) is 13.8 Å². The van der Waals surface area contributed by atoms with E-state index in [1.165, 1.54) is 0 Å². The molecule has 0 aromatic rings. The molecule has 0 radical (unpaired) electrons. The van der Waals surface area contributed by atoms with Crippen molar-refractivity contribution in [1.29, 1.82) is 0 Å². The van der Waals surface area contributed by atoms with E-state index < -0.39 is 85.7 Å². The minimum atomic E-state index is -0.989. The number of Topliss-reactive ketones (excluding diaryl/α,β-unsaturated/α-hetero) is 2. The van der Waals surface area contributed by atoms with Gasteiger partial charge in [0.1, 0.15) is 12.3 Å². The van der Waals surface area contributed by atoms with Crippen molar-refractivity contribution in [2.45, 2.75) is 51.5 Å². The maximum absolute atomic E-state index is 12.6. The summed E-state index contributed by atoms with van der Waals surface area (Å²) < 4.78 is 0. The lowest BCUT2D eigenvalue weighted by molar-refractivity contribution is -0.137. The van der Waals surface area contributed by atoms with Gasteiger partial charge in [-0.15, -0.1) is 0 Å². The summed E-state index contributed by atoms with van der Waals surface area (Å²) in [4.78, 5) is 83.9. The highest BCUT2D eigenvalue weighted by molar-refractivity contribution is 6.39. The van der Waals surface area contributed by atoms with E-state index in [9.17, 15) is 33.6 Å². The lowest BCUT2D eigenvalue weighted by atomic mass is 10.0. The zero-order chi connectivity index (χ0) is 30.7. The average Bonchev–Trinajstić information content (AvgIpc) is 2.89. The molecule has 5 amide bonds. The second kappa shape index (κ2) is 20.4. The number of hydrogen-bond donors (Lipinski definition) is 11. The zero-order valence-corrected chi connectivity index (χ0v) is 22.8. The quantitative estimate of drug-likeness (QED) is 0.0200. The predicted molar refractivity (Wildman–Crippen MR) is 143 cm³/mol. The Bertz CT molecular complexity index is 883. The summed E-state index contributed by atoms with van der Waals surface area (Å²) in [6.07, 6.45) is 0.401. The molecule has 18 heteroatoms. The van der Waals surface area contributed by atoms with Gasteiger partial charge in [-0.2, -0.15) is 0 Å². The van der Waals surface area contributed by atoms with E-state index in [1.807, 2.05) is 13.8 Å². The standard InChI is InChI=1S/C22H43N11O7/c1-12(2)6-14(33-20(39)13(23)4-3-5-27-22(24)25)21(40)31-8-16(35)15(34)7-28-17(36)9-29-18(37)10-30-19(38)11-32-26/h12-14,22,27,32H,3-11,23-26H2,1-2H3,(H,28,36)(H,29,37)(H,30,38)(H,31,40)(H,33,39)/t13-,14-/m0/s1. The van der Waals surface area contributed by atoms with Gasteiger partial charge in [-0.05, 0) is 31.7 Å². The van der Waals surface area contributed by atoms with Crippen LogP contribution >= 0.6 is 0 Å². The highest BCUT2D eigenvalue weighted by Gasteiger charge is 2.25. The van der Waals surface area contributed by atoms with Crippen molar-refractivity contribution < 1.29 is 33.6 Å². The molecule has 0 saturated heterocycles. The minimum absolute atomic E-state index is 0.00905. The van der Waals surface area contributed by atoms with Crippen LogP contribution in [0.25, 0.3) is 0 Å². The van der Waals surface area contributed by atoms with Crippen LogP contribution in [0.5, 0.6) is 0 Å². The maximum Gasteiger partial charge on any atom is 0.242 e. The van der Waals surface area contributed by atoms with Crippen LogP contribution in [0.1, 0.15) is 33.1 Å². The Morgan fingerprint density at radius 1 is 0.675 bits per heavy atom. The smallest absolute Gasteiger partial charge is 0.242 e. The normalized spacial score (nSPS) is 12.3. The molecule has 0 saturated carbocycles. The van der Waals surface area contributed by atoms with Gasteiger partial charge in [0.25, 0.3) is 0 Å². The average molecular weight is 574 g/mol. The number of amides is 5. The van der Waals surface area contributed by atoms with E-state index >= 15 is 0 Å². The fourth-order valence-corrected chi connectivity index (χ4v) is 3.01. The van der Waals surface area contributed by atoms with Crippen LogP contribution in [-0.4, -0.2) is 98.7 Å². The SMILES string of the molecule is CC(C)C[C@H](NC(=O)[C@@H](N)CCCNC(N)N)C(=O)NCC(=O)C(=O)CNC(=O)CNC(=O)CNC(=O)CNN. The van der Waals surface area contributed by atoms with Gasteiger partial charge in [0.2, 0.25) is 41.1 Å². The Morgan fingerprint density at radius 2 is 1.18 bits per heavy atom. The fourth-order valence-electron chi connectivity index (χ4n) is 3.01. The Hall–Kier alpha value is -3.55. The molecule has 40 heavy (non-hydrogen) atoms. The van der Waals surface area contributed by atoms with Crippen LogP contribution in [-0.2, 0) is 33.6 Å². The van der Waals surface area contributed by atoms with Crippen molar-refractivity contribution in [3.05, 3.63) is 0 Å². The molecule has 0 aromatic heterocycles. The van der Waals surface area contributed by atoms with Crippen LogP contribution in [0.4, 0.5) is 0 Å². The summed E-state index contributed by atoms with van der Waals surface area (Å²) >= 11 is 0. The summed E-state index contributed by atoms with van der Waals surface area (Å²) in [6.45, 7) is 1.72. The highest BCUT2D eigenvalue weighted by Crippen LogP contribution is 2.06.